The Morgan fingerprint density at radius 1 is 1.55 bits per heavy atom. The maximum Gasteiger partial charge on any atom is 0.241 e. The highest BCUT2D eigenvalue weighted by Gasteiger charge is 2.27. The molecule has 2 atom stereocenters. The van der Waals surface area contributed by atoms with Gasteiger partial charge in [0.2, 0.25) is 5.91 Å². The van der Waals surface area contributed by atoms with E-state index < -0.39 is 0 Å². The van der Waals surface area contributed by atoms with Crippen molar-refractivity contribution in [3.05, 3.63) is 23.4 Å². The monoisotopic (exact) mass is 292 g/mol. The van der Waals surface area contributed by atoms with Gasteiger partial charge in [0.15, 0.2) is 0 Å². The maximum absolute atomic E-state index is 12.2. The van der Waals surface area contributed by atoms with Crippen LogP contribution in [0.15, 0.2) is 18.3 Å². The normalized spacial score (nSPS) is 22.4. The molecule has 6 heteroatoms. The zero-order valence-corrected chi connectivity index (χ0v) is 12.2. The lowest BCUT2D eigenvalue weighted by Crippen LogP contribution is -2.35. The van der Waals surface area contributed by atoms with E-state index >= 15 is 0 Å². The molecule has 0 bridgehead atoms. The summed E-state index contributed by atoms with van der Waals surface area (Å²) in [6, 6.07) is 3.60. The number of benzene rings is 1. The quantitative estimate of drug-likeness (QED) is 0.892. The maximum atomic E-state index is 12.2. The standard InChI is InChI=1S/C14H17ClN4O/c1-8-5-11(16-6-8)14(20)18-10-3-4-12-9(13(10)15)7-17-19(12)2/h3-4,7-8,11,16H,5-6H2,1-2H3,(H,18,20)/t8?,11-/m0/s1. The van der Waals surface area contributed by atoms with E-state index in [-0.39, 0.29) is 11.9 Å². The number of nitrogens with one attached hydrogen (secondary N) is 2. The molecule has 1 unspecified atom stereocenters. The van der Waals surface area contributed by atoms with Crippen LogP contribution in [0.4, 0.5) is 5.69 Å². The third-order valence-electron chi connectivity index (χ3n) is 3.79. The van der Waals surface area contributed by atoms with E-state index in [1.54, 1.807) is 10.9 Å². The molecule has 5 nitrogen and oxygen atoms in total. The molecule has 1 saturated heterocycles. The highest BCUT2D eigenvalue weighted by molar-refractivity contribution is 6.38. The van der Waals surface area contributed by atoms with Crippen LogP contribution in [0.3, 0.4) is 0 Å². The number of aromatic nitrogens is 2. The van der Waals surface area contributed by atoms with Crippen LogP contribution >= 0.6 is 11.6 Å². The van der Waals surface area contributed by atoms with E-state index in [2.05, 4.69) is 22.7 Å². The molecule has 0 aliphatic carbocycles. The summed E-state index contributed by atoms with van der Waals surface area (Å²) in [5.41, 5.74) is 1.58. The van der Waals surface area contributed by atoms with Crippen molar-refractivity contribution in [1.29, 1.82) is 0 Å². The van der Waals surface area contributed by atoms with Crippen LogP contribution in [0.5, 0.6) is 0 Å². The number of carbonyl (C=O) groups excluding carboxylic acids is 1. The lowest BCUT2D eigenvalue weighted by molar-refractivity contribution is -0.117. The molecule has 0 spiro atoms. The number of hydrogen-bond acceptors (Lipinski definition) is 3. The predicted octanol–water partition coefficient (Wildman–Crippen LogP) is 2.16. The fraction of sp³-hybridized carbons (Fsp3) is 0.429. The smallest absolute Gasteiger partial charge is 0.241 e. The summed E-state index contributed by atoms with van der Waals surface area (Å²) >= 11 is 6.35. The van der Waals surface area contributed by atoms with Crippen molar-refractivity contribution >= 4 is 34.1 Å². The van der Waals surface area contributed by atoms with Crippen LogP contribution in [0.2, 0.25) is 5.02 Å². The zero-order valence-electron chi connectivity index (χ0n) is 11.5. The third kappa shape index (κ3) is 2.27. The van der Waals surface area contributed by atoms with Crippen molar-refractivity contribution in [2.45, 2.75) is 19.4 Å². The summed E-state index contributed by atoms with van der Waals surface area (Å²) in [6.07, 6.45) is 2.57. The van der Waals surface area contributed by atoms with Crippen LogP contribution in [-0.4, -0.2) is 28.3 Å². The van der Waals surface area contributed by atoms with E-state index in [1.165, 1.54) is 0 Å². The van der Waals surface area contributed by atoms with Gasteiger partial charge in [-0.05, 0) is 31.0 Å². The lowest BCUT2D eigenvalue weighted by atomic mass is 10.1. The lowest BCUT2D eigenvalue weighted by Gasteiger charge is -2.12. The number of carbonyl (C=O) groups is 1. The van der Waals surface area contributed by atoms with Gasteiger partial charge in [-0.3, -0.25) is 9.48 Å². The Balaban J connectivity index is 1.84. The molecule has 3 rings (SSSR count). The van der Waals surface area contributed by atoms with Crippen LogP contribution in [0.1, 0.15) is 13.3 Å². The van der Waals surface area contributed by atoms with E-state index in [9.17, 15) is 4.79 Å². The van der Waals surface area contributed by atoms with Crippen molar-refractivity contribution in [2.75, 3.05) is 11.9 Å². The van der Waals surface area contributed by atoms with Gasteiger partial charge in [-0.1, -0.05) is 18.5 Å². The van der Waals surface area contributed by atoms with Crippen molar-refractivity contribution in [1.82, 2.24) is 15.1 Å². The Bertz CT molecular complexity index is 666. The van der Waals surface area contributed by atoms with Crippen molar-refractivity contribution < 1.29 is 4.79 Å². The number of halogens is 1. The first-order chi connectivity index (χ1) is 9.56. The van der Waals surface area contributed by atoms with Gasteiger partial charge in [0.25, 0.3) is 0 Å². The van der Waals surface area contributed by atoms with Gasteiger partial charge in [-0.15, -0.1) is 0 Å². The minimum Gasteiger partial charge on any atom is -0.323 e. The first-order valence-corrected chi connectivity index (χ1v) is 7.08. The van der Waals surface area contributed by atoms with Gasteiger partial charge in [0.1, 0.15) is 0 Å². The molecule has 2 aromatic rings. The second-order valence-corrected chi connectivity index (χ2v) is 5.80. The number of fused-ring (bicyclic) bond motifs is 1. The second kappa shape index (κ2) is 5.07. The Morgan fingerprint density at radius 3 is 3.05 bits per heavy atom. The summed E-state index contributed by atoms with van der Waals surface area (Å²) in [6.45, 7) is 3.02. The molecular weight excluding hydrogens is 276 g/mol. The minimum absolute atomic E-state index is 0.0282. The number of amides is 1. The van der Waals surface area contributed by atoms with Crippen LogP contribution in [0, 0.1) is 5.92 Å². The summed E-state index contributed by atoms with van der Waals surface area (Å²) in [7, 11) is 1.86. The Morgan fingerprint density at radius 2 is 2.35 bits per heavy atom. The summed E-state index contributed by atoms with van der Waals surface area (Å²) in [5, 5.41) is 11.7. The molecule has 106 valence electrons. The van der Waals surface area contributed by atoms with E-state index in [4.69, 9.17) is 11.6 Å². The average Bonchev–Trinajstić information content (AvgIpc) is 3.00. The van der Waals surface area contributed by atoms with Gasteiger partial charge in [-0.2, -0.15) is 5.10 Å². The summed E-state index contributed by atoms with van der Waals surface area (Å²) in [5.74, 6) is 0.501. The van der Waals surface area contributed by atoms with Crippen LogP contribution in [-0.2, 0) is 11.8 Å². The van der Waals surface area contributed by atoms with Gasteiger partial charge >= 0.3 is 0 Å². The number of rotatable bonds is 2. The number of anilines is 1. The molecular formula is C14H17ClN4O. The fourth-order valence-corrected chi connectivity index (χ4v) is 2.88. The molecule has 2 N–H and O–H groups in total. The number of aryl methyl sites for hydroxylation is 1. The highest BCUT2D eigenvalue weighted by atomic mass is 35.5. The van der Waals surface area contributed by atoms with Gasteiger partial charge < -0.3 is 10.6 Å². The molecule has 1 aromatic heterocycles. The summed E-state index contributed by atoms with van der Waals surface area (Å²) < 4.78 is 1.76. The van der Waals surface area contributed by atoms with E-state index in [1.807, 2.05) is 19.2 Å². The predicted molar refractivity (Wildman–Crippen MR) is 79.9 cm³/mol. The summed E-state index contributed by atoms with van der Waals surface area (Å²) in [4.78, 5) is 12.2. The Labute approximate surface area is 122 Å². The molecule has 1 fully saturated rings. The molecule has 0 saturated carbocycles. The highest BCUT2D eigenvalue weighted by Crippen LogP contribution is 2.31. The molecule has 0 radical (unpaired) electrons. The second-order valence-electron chi connectivity index (χ2n) is 5.42. The van der Waals surface area contributed by atoms with Crippen molar-refractivity contribution in [3.63, 3.8) is 0 Å². The molecule has 1 aromatic carbocycles. The Hall–Kier alpha value is -1.59. The number of hydrogen-bond donors (Lipinski definition) is 2. The van der Waals surface area contributed by atoms with Crippen LogP contribution in [0.25, 0.3) is 10.9 Å². The zero-order chi connectivity index (χ0) is 14.3. The molecule has 1 amide bonds. The van der Waals surface area contributed by atoms with Crippen molar-refractivity contribution in [3.8, 4) is 0 Å². The first kappa shape index (κ1) is 13.4. The van der Waals surface area contributed by atoms with Gasteiger partial charge in [0.05, 0.1) is 28.5 Å². The SMILES string of the molecule is CC1CN[C@H](C(=O)Nc2ccc3c(cnn3C)c2Cl)C1. The molecule has 1 aliphatic rings. The van der Waals surface area contributed by atoms with Gasteiger partial charge in [-0.25, -0.2) is 0 Å². The molecule has 20 heavy (non-hydrogen) atoms. The fourth-order valence-electron chi connectivity index (χ4n) is 2.62. The van der Waals surface area contributed by atoms with Crippen molar-refractivity contribution in [2.24, 2.45) is 13.0 Å². The first-order valence-electron chi connectivity index (χ1n) is 6.70. The minimum atomic E-state index is -0.134. The molecule has 1 aliphatic heterocycles. The van der Waals surface area contributed by atoms with E-state index in [0.29, 0.717) is 16.6 Å². The number of nitrogens with zero attached hydrogens (tertiary/aromatic N) is 2. The third-order valence-corrected chi connectivity index (χ3v) is 4.20. The van der Waals surface area contributed by atoms with Gasteiger partial charge in [0, 0.05) is 12.4 Å². The average molecular weight is 293 g/mol. The molecule has 2 heterocycles. The van der Waals surface area contributed by atoms with Crippen LogP contribution < -0.4 is 10.6 Å². The topological polar surface area (TPSA) is 59.0 Å². The Kier molecular flexibility index (Phi) is 3.40. The largest absolute Gasteiger partial charge is 0.323 e. The van der Waals surface area contributed by atoms with E-state index in [0.717, 1.165) is 23.9 Å².